The monoisotopic (exact) mass is 563 g/mol. The molecule has 4 heterocycles. The number of nitrogens with zero attached hydrogens (tertiary/aromatic N) is 3. The lowest BCUT2D eigenvalue weighted by Crippen LogP contribution is -2.56. The van der Waals surface area contributed by atoms with Gasteiger partial charge in [-0.25, -0.2) is 0 Å². The fraction of sp³-hybridized carbons (Fsp3) is 0.606. The van der Waals surface area contributed by atoms with Crippen LogP contribution in [-0.2, 0) is 19.1 Å². The molecule has 2 fully saturated rings. The van der Waals surface area contributed by atoms with Crippen molar-refractivity contribution in [2.24, 2.45) is 11.8 Å². The van der Waals surface area contributed by atoms with Crippen LogP contribution in [0.4, 0.5) is 5.69 Å². The van der Waals surface area contributed by atoms with Crippen LogP contribution in [0.1, 0.15) is 63.5 Å². The van der Waals surface area contributed by atoms with Crippen LogP contribution in [0.2, 0.25) is 0 Å². The number of amides is 3. The first-order valence-corrected chi connectivity index (χ1v) is 15.4. The van der Waals surface area contributed by atoms with Crippen LogP contribution in [0.15, 0.2) is 42.5 Å². The highest BCUT2D eigenvalue weighted by Gasteiger charge is 2.75. The maximum absolute atomic E-state index is 14.7. The molecule has 5 rings (SSSR count). The molecule has 41 heavy (non-hydrogen) atoms. The van der Waals surface area contributed by atoms with E-state index in [0.29, 0.717) is 45.4 Å². The first-order valence-electron chi connectivity index (χ1n) is 15.4. The Morgan fingerprint density at radius 2 is 1.59 bits per heavy atom. The zero-order valence-electron chi connectivity index (χ0n) is 25.0. The van der Waals surface area contributed by atoms with Gasteiger partial charge in [0.2, 0.25) is 11.8 Å². The number of rotatable bonds is 10. The average Bonchev–Trinajstić information content (AvgIpc) is 3.24. The molecule has 3 amide bonds. The zero-order valence-corrected chi connectivity index (χ0v) is 25.0. The maximum Gasteiger partial charge on any atom is 0.253 e. The molecule has 0 aromatic heterocycles. The summed E-state index contributed by atoms with van der Waals surface area (Å²) >= 11 is 0. The first-order chi connectivity index (χ1) is 19.8. The molecule has 4 aliphatic heterocycles. The van der Waals surface area contributed by atoms with Crippen LogP contribution in [-0.4, -0.2) is 82.7 Å². The minimum Gasteiger partial charge on any atom is -0.396 e. The maximum atomic E-state index is 14.7. The molecule has 0 bridgehead atoms. The molecule has 4 aliphatic rings. The van der Waals surface area contributed by atoms with Gasteiger partial charge in [0, 0.05) is 38.5 Å². The number of likely N-dealkylation sites (tertiary alicyclic amines) is 1. The summed E-state index contributed by atoms with van der Waals surface area (Å²) < 4.78 is 7.07. The van der Waals surface area contributed by atoms with Crippen molar-refractivity contribution < 1.29 is 24.2 Å². The number of aryl methyl sites for hydroxylation is 2. The number of carbonyl (C=O) groups excluding carboxylic acids is 3. The molecule has 0 saturated carbocycles. The summed E-state index contributed by atoms with van der Waals surface area (Å²) in [4.78, 5) is 48.9. The fourth-order valence-electron chi connectivity index (χ4n) is 7.70. The fourth-order valence-corrected chi connectivity index (χ4v) is 7.70. The van der Waals surface area contributed by atoms with E-state index < -0.39 is 29.1 Å². The second kappa shape index (κ2) is 11.7. The lowest BCUT2D eigenvalue weighted by Gasteiger charge is -2.39. The number of ether oxygens (including phenoxy) is 1. The number of hydrogen-bond donors (Lipinski definition) is 1. The first kappa shape index (κ1) is 29.5. The molecule has 8 nitrogen and oxygen atoms in total. The van der Waals surface area contributed by atoms with Gasteiger partial charge in [0.25, 0.3) is 5.91 Å². The highest BCUT2D eigenvalue weighted by atomic mass is 16.5. The van der Waals surface area contributed by atoms with E-state index >= 15 is 0 Å². The van der Waals surface area contributed by atoms with Crippen molar-refractivity contribution in [3.8, 4) is 0 Å². The van der Waals surface area contributed by atoms with Crippen LogP contribution in [0.25, 0.3) is 0 Å². The molecular weight excluding hydrogens is 518 g/mol. The van der Waals surface area contributed by atoms with E-state index in [1.807, 2.05) is 75.1 Å². The number of fused-ring (bicyclic) bond motifs is 2. The Labute approximate surface area is 244 Å². The van der Waals surface area contributed by atoms with E-state index in [1.54, 1.807) is 9.80 Å². The van der Waals surface area contributed by atoms with Gasteiger partial charge in [0.05, 0.1) is 17.4 Å². The molecule has 222 valence electrons. The van der Waals surface area contributed by atoms with Crippen molar-refractivity contribution in [1.29, 1.82) is 0 Å². The van der Waals surface area contributed by atoms with Crippen molar-refractivity contribution in [3.63, 3.8) is 0 Å². The second-order valence-corrected chi connectivity index (χ2v) is 12.1. The molecule has 1 aromatic carbocycles. The SMILES string of the molecule is CCCN1CC=C[C@@]2(CC)O[C@]34C=CCN(c5c(C)cccc5C)C(=O)C3N(CCCCCCO)C(=O)[C@@H]4[C@H]2C1=O. The predicted octanol–water partition coefficient (Wildman–Crippen LogP) is 3.93. The van der Waals surface area contributed by atoms with Crippen molar-refractivity contribution in [3.05, 3.63) is 53.6 Å². The number of anilines is 1. The van der Waals surface area contributed by atoms with Crippen molar-refractivity contribution in [2.45, 2.75) is 83.5 Å². The van der Waals surface area contributed by atoms with E-state index in [1.165, 1.54) is 0 Å². The highest BCUT2D eigenvalue weighted by molar-refractivity contribution is 6.06. The van der Waals surface area contributed by atoms with Gasteiger partial charge in [-0.15, -0.1) is 0 Å². The highest BCUT2D eigenvalue weighted by Crippen LogP contribution is 2.58. The van der Waals surface area contributed by atoms with Gasteiger partial charge in [0.1, 0.15) is 11.6 Å². The van der Waals surface area contributed by atoms with E-state index in [9.17, 15) is 19.5 Å². The normalized spacial score (nSPS) is 30.9. The average molecular weight is 564 g/mol. The molecule has 5 atom stereocenters. The Kier molecular flexibility index (Phi) is 8.44. The van der Waals surface area contributed by atoms with E-state index in [2.05, 4.69) is 0 Å². The Morgan fingerprint density at radius 3 is 2.27 bits per heavy atom. The molecular formula is C33H45N3O5. The third-order valence-corrected chi connectivity index (χ3v) is 9.53. The van der Waals surface area contributed by atoms with Gasteiger partial charge < -0.3 is 24.5 Å². The Hall–Kier alpha value is -2.97. The summed E-state index contributed by atoms with van der Waals surface area (Å²) in [5.41, 5.74) is 0.662. The van der Waals surface area contributed by atoms with Crippen LogP contribution in [0.5, 0.6) is 0 Å². The van der Waals surface area contributed by atoms with Crippen molar-refractivity contribution in [1.82, 2.24) is 9.80 Å². The summed E-state index contributed by atoms with van der Waals surface area (Å²) in [5.74, 6) is -1.87. The van der Waals surface area contributed by atoms with E-state index in [4.69, 9.17) is 4.74 Å². The van der Waals surface area contributed by atoms with Crippen molar-refractivity contribution in [2.75, 3.05) is 37.7 Å². The van der Waals surface area contributed by atoms with Crippen LogP contribution in [0, 0.1) is 25.7 Å². The Morgan fingerprint density at radius 1 is 0.878 bits per heavy atom. The number of para-hydroxylation sites is 1. The lowest BCUT2D eigenvalue weighted by molar-refractivity contribution is -0.150. The number of benzene rings is 1. The zero-order chi connectivity index (χ0) is 29.4. The summed E-state index contributed by atoms with van der Waals surface area (Å²) in [6.07, 6.45) is 12.4. The number of hydrogen-bond acceptors (Lipinski definition) is 5. The predicted molar refractivity (Wildman–Crippen MR) is 158 cm³/mol. The number of carbonyl (C=O) groups is 3. The van der Waals surface area contributed by atoms with Crippen molar-refractivity contribution >= 4 is 23.4 Å². The van der Waals surface area contributed by atoms with Gasteiger partial charge in [-0.2, -0.15) is 0 Å². The standard InChI is InChI=1S/C33H45N3O5/c1-5-18-34-19-12-16-32(6-2)25(29(34)38)26-30(39)36(20-9-7-8-10-22-37)28-31(40)35(21-13-17-33(26,28)41-32)27-23(3)14-11-15-24(27)4/h11-17,25-26,28,37H,5-10,18-22H2,1-4H3/t25-,26-,28?,32+,33-/m0/s1. The summed E-state index contributed by atoms with van der Waals surface area (Å²) in [5, 5.41) is 9.21. The molecule has 0 aliphatic carbocycles. The topological polar surface area (TPSA) is 90.4 Å². The second-order valence-electron chi connectivity index (χ2n) is 12.1. The summed E-state index contributed by atoms with van der Waals surface area (Å²) in [7, 11) is 0. The molecule has 1 spiro atoms. The summed E-state index contributed by atoms with van der Waals surface area (Å²) in [6, 6.07) is 5.12. The smallest absolute Gasteiger partial charge is 0.253 e. The molecule has 1 unspecified atom stereocenters. The van der Waals surface area contributed by atoms with Crippen LogP contribution < -0.4 is 4.90 Å². The lowest BCUT2D eigenvalue weighted by atomic mass is 9.73. The largest absolute Gasteiger partial charge is 0.396 e. The molecule has 8 heteroatoms. The molecule has 0 radical (unpaired) electrons. The molecule has 2 saturated heterocycles. The Balaban J connectivity index is 1.61. The van der Waals surface area contributed by atoms with Crippen LogP contribution in [0.3, 0.4) is 0 Å². The van der Waals surface area contributed by atoms with E-state index in [0.717, 1.165) is 36.1 Å². The Bertz CT molecular complexity index is 1220. The molecule has 1 aromatic rings. The number of aliphatic hydroxyl groups excluding tert-OH is 1. The van der Waals surface area contributed by atoms with Gasteiger partial charge in [-0.05, 0) is 50.7 Å². The quantitative estimate of drug-likeness (QED) is 0.344. The third kappa shape index (κ3) is 4.73. The van der Waals surface area contributed by atoms with Gasteiger partial charge in [-0.1, -0.05) is 69.2 Å². The van der Waals surface area contributed by atoms with Gasteiger partial charge >= 0.3 is 0 Å². The molecule has 1 N–H and O–H groups in total. The summed E-state index contributed by atoms with van der Waals surface area (Å²) in [6.45, 7) is 10.1. The van der Waals surface area contributed by atoms with E-state index in [-0.39, 0.29) is 24.3 Å². The van der Waals surface area contributed by atoms with Gasteiger partial charge in [0.15, 0.2) is 0 Å². The van der Waals surface area contributed by atoms with Gasteiger partial charge in [-0.3, -0.25) is 14.4 Å². The minimum absolute atomic E-state index is 0.0610. The number of unbranched alkanes of at least 4 members (excludes halogenated alkanes) is 3. The minimum atomic E-state index is -1.24. The third-order valence-electron chi connectivity index (χ3n) is 9.53. The number of aliphatic hydroxyl groups is 1. The van der Waals surface area contributed by atoms with Crippen LogP contribution >= 0.6 is 0 Å².